The van der Waals surface area contributed by atoms with Gasteiger partial charge in [-0.3, -0.25) is 9.69 Å². The monoisotopic (exact) mass is 360 g/mol. The molecule has 0 N–H and O–H groups in total. The fraction of sp³-hybridized carbons (Fsp3) is 0.667. The normalized spacial score (nSPS) is 25.3. The van der Waals surface area contributed by atoms with E-state index in [-0.39, 0.29) is 18.1 Å². The lowest BCUT2D eigenvalue weighted by atomic mass is 9.94. The van der Waals surface area contributed by atoms with Crippen LogP contribution in [0.2, 0.25) is 0 Å². The SMILES string of the molecule is Cc1cccc(OCCN2CCC(C(=O)N3CC(C)OC(C)C3)CC2)c1. The molecule has 26 heavy (non-hydrogen) atoms. The van der Waals surface area contributed by atoms with E-state index in [0.717, 1.165) is 51.3 Å². The van der Waals surface area contributed by atoms with Crippen LogP contribution < -0.4 is 4.74 Å². The molecule has 0 aromatic heterocycles. The number of nitrogens with zero attached hydrogens (tertiary/aromatic N) is 2. The topological polar surface area (TPSA) is 42.0 Å². The predicted molar refractivity (Wildman–Crippen MR) is 102 cm³/mol. The maximum atomic E-state index is 12.8. The van der Waals surface area contributed by atoms with Gasteiger partial charge in [0.15, 0.2) is 0 Å². The maximum absolute atomic E-state index is 12.8. The second-order valence-corrected chi connectivity index (χ2v) is 7.78. The number of benzene rings is 1. The molecular formula is C21H32N2O3. The summed E-state index contributed by atoms with van der Waals surface area (Å²) in [6.45, 7) is 11.2. The van der Waals surface area contributed by atoms with Crippen molar-refractivity contribution in [2.24, 2.45) is 5.92 Å². The highest BCUT2D eigenvalue weighted by Crippen LogP contribution is 2.22. The van der Waals surface area contributed by atoms with Gasteiger partial charge in [0.25, 0.3) is 0 Å². The molecule has 5 nitrogen and oxygen atoms in total. The molecule has 0 radical (unpaired) electrons. The van der Waals surface area contributed by atoms with Gasteiger partial charge in [0.05, 0.1) is 12.2 Å². The lowest BCUT2D eigenvalue weighted by Gasteiger charge is -2.39. The van der Waals surface area contributed by atoms with Gasteiger partial charge >= 0.3 is 0 Å². The Hall–Kier alpha value is -1.59. The summed E-state index contributed by atoms with van der Waals surface area (Å²) < 4.78 is 11.6. The lowest BCUT2D eigenvalue weighted by molar-refractivity contribution is -0.148. The van der Waals surface area contributed by atoms with Crippen molar-refractivity contribution in [3.63, 3.8) is 0 Å². The Labute approximate surface area is 157 Å². The van der Waals surface area contributed by atoms with E-state index in [0.29, 0.717) is 12.5 Å². The molecule has 2 aliphatic heterocycles. The Balaban J connectivity index is 1.39. The first-order valence-corrected chi connectivity index (χ1v) is 9.87. The summed E-state index contributed by atoms with van der Waals surface area (Å²) in [7, 11) is 0. The summed E-state index contributed by atoms with van der Waals surface area (Å²) in [5.74, 6) is 1.43. The van der Waals surface area contributed by atoms with Crippen molar-refractivity contribution < 1.29 is 14.3 Å². The van der Waals surface area contributed by atoms with Gasteiger partial charge in [-0.05, 0) is 64.4 Å². The summed E-state index contributed by atoms with van der Waals surface area (Å²) in [6, 6.07) is 8.16. The van der Waals surface area contributed by atoms with Crippen LogP contribution in [0.4, 0.5) is 0 Å². The Morgan fingerprint density at radius 2 is 1.88 bits per heavy atom. The van der Waals surface area contributed by atoms with Gasteiger partial charge in [-0.15, -0.1) is 0 Å². The first kappa shape index (κ1) is 19.2. The molecule has 0 aliphatic carbocycles. The molecule has 144 valence electrons. The summed E-state index contributed by atoms with van der Waals surface area (Å²) in [5, 5.41) is 0. The number of carbonyl (C=O) groups excluding carboxylic acids is 1. The quantitative estimate of drug-likeness (QED) is 0.810. The summed E-state index contributed by atoms with van der Waals surface area (Å²) in [4.78, 5) is 17.2. The lowest BCUT2D eigenvalue weighted by Crippen LogP contribution is -2.51. The van der Waals surface area contributed by atoms with Crippen molar-refractivity contribution >= 4 is 5.91 Å². The van der Waals surface area contributed by atoms with Crippen LogP contribution in [-0.2, 0) is 9.53 Å². The van der Waals surface area contributed by atoms with Gasteiger partial charge in [0.1, 0.15) is 12.4 Å². The van der Waals surface area contributed by atoms with Crippen LogP contribution in [0.15, 0.2) is 24.3 Å². The second kappa shape index (κ2) is 8.87. The molecular weight excluding hydrogens is 328 g/mol. The average molecular weight is 360 g/mol. The molecule has 5 heteroatoms. The number of carbonyl (C=O) groups is 1. The molecule has 2 fully saturated rings. The van der Waals surface area contributed by atoms with Crippen molar-refractivity contribution in [2.45, 2.75) is 45.8 Å². The van der Waals surface area contributed by atoms with Crippen molar-refractivity contribution in [1.82, 2.24) is 9.80 Å². The molecule has 0 bridgehead atoms. The number of piperidine rings is 1. The zero-order valence-electron chi connectivity index (χ0n) is 16.3. The molecule has 1 aromatic rings. The van der Waals surface area contributed by atoms with Crippen LogP contribution >= 0.6 is 0 Å². The van der Waals surface area contributed by atoms with Crippen LogP contribution in [0.1, 0.15) is 32.3 Å². The van der Waals surface area contributed by atoms with Crippen molar-refractivity contribution in [3.8, 4) is 5.75 Å². The zero-order valence-corrected chi connectivity index (χ0v) is 16.3. The van der Waals surface area contributed by atoms with E-state index in [9.17, 15) is 4.79 Å². The number of likely N-dealkylation sites (tertiary alicyclic amines) is 1. The Morgan fingerprint density at radius 1 is 1.19 bits per heavy atom. The van der Waals surface area contributed by atoms with Crippen LogP contribution in [0.3, 0.4) is 0 Å². The maximum Gasteiger partial charge on any atom is 0.225 e. The number of rotatable bonds is 5. The number of hydrogen-bond acceptors (Lipinski definition) is 4. The third kappa shape index (κ3) is 5.21. The van der Waals surface area contributed by atoms with Crippen LogP contribution in [0.25, 0.3) is 0 Å². The minimum absolute atomic E-state index is 0.140. The van der Waals surface area contributed by atoms with Crippen molar-refractivity contribution in [3.05, 3.63) is 29.8 Å². The number of ether oxygens (including phenoxy) is 2. The largest absolute Gasteiger partial charge is 0.492 e. The van der Waals surface area contributed by atoms with E-state index in [2.05, 4.69) is 24.0 Å². The molecule has 1 amide bonds. The van der Waals surface area contributed by atoms with Crippen LogP contribution in [0.5, 0.6) is 5.75 Å². The molecule has 2 unspecified atom stereocenters. The van der Waals surface area contributed by atoms with E-state index in [1.807, 2.05) is 30.9 Å². The van der Waals surface area contributed by atoms with Gasteiger partial charge < -0.3 is 14.4 Å². The number of hydrogen-bond donors (Lipinski definition) is 0. The van der Waals surface area contributed by atoms with E-state index >= 15 is 0 Å². The van der Waals surface area contributed by atoms with E-state index in [1.165, 1.54) is 5.56 Å². The molecule has 0 saturated carbocycles. The Bertz CT molecular complexity index is 589. The molecule has 2 aliphatic rings. The highest BCUT2D eigenvalue weighted by molar-refractivity contribution is 5.79. The predicted octanol–water partition coefficient (Wildman–Crippen LogP) is 2.72. The van der Waals surface area contributed by atoms with E-state index in [1.54, 1.807) is 0 Å². The van der Waals surface area contributed by atoms with E-state index in [4.69, 9.17) is 9.47 Å². The molecule has 2 heterocycles. The summed E-state index contributed by atoms with van der Waals surface area (Å²) in [5.41, 5.74) is 1.22. The second-order valence-electron chi connectivity index (χ2n) is 7.78. The Morgan fingerprint density at radius 3 is 2.54 bits per heavy atom. The molecule has 0 spiro atoms. The molecule has 2 atom stereocenters. The molecule has 3 rings (SSSR count). The highest BCUT2D eigenvalue weighted by atomic mass is 16.5. The van der Waals surface area contributed by atoms with Gasteiger partial charge in [-0.25, -0.2) is 0 Å². The minimum Gasteiger partial charge on any atom is -0.492 e. The highest BCUT2D eigenvalue weighted by Gasteiger charge is 2.32. The zero-order chi connectivity index (χ0) is 18.5. The van der Waals surface area contributed by atoms with Crippen molar-refractivity contribution in [2.75, 3.05) is 39.3 Å². The van der Waals surface area contributed by atoms with Gasteiger partial charge in [-0.1, -0.05) is 12.1 Å². The number of morpholine rings is 1. The fourth-order valence-electron chi connectivity index (χ4n) is 4.02. The van der Waals surface area contributed by atoms with Gasteiger partial charge in [-0.2, -0.15) is 0 Å². The smallest absolute Gasteiger partial charge is 0.225 e. The molecule has 2 saturated heterocycles. The van der Waals surface area contributed by atoms with Gasteiger partial charge in [0.2, 0.25) is 5.91 Å². The first-order chi connectivity index (χ1) is 12.5. The molecule has 1 aromatic carbocycles. The van der Waals surface area contributed by atoms with E-state index < -0.39 is 0 Å². The minimum atomic E-state index is 0.140. The third-order valence-corrected chi connectivity index (χ3v) is 5.33. The first-order valence-electron chi connectivity index (χ1n) is 9.87. The Kier molecular flexibility index (Phi) is 6.54. The summed E-state index contributed by atoms with van der Waals surface area (Å²) in [6.07, 6.45) is 2.18. The standard InChI is InChI=1S/C21H32N2O3/c1-16-5-4-6-20(13-16)25-12-11-22-9-7-19(8-10-22)21(24)23-14-17(2)26-18(3)15-23/h4-6,13,17-19H,7-12,14-15H2,1-3H3. The average Bonchev–Trinajstić information content (AvgIpc) is 2.61. The van der Waals surface area contributed by atoms with Gasteiger partial charge in [0, 0.05) is 25.6 Å². The van der Waals surface area contributed by atoms with Crippen LogP contribution in [-0.4, -0.2) is 67.2 Å². The fourth-order valence-corrected chi connectivity index (χ4v) is 4.02. The number of aryl methyl sites for hydroxylation is 1. The van der Waals surface area contributed by atoms with Crippen molar-refractivity contribution in [1.29, 1.82) is 0 Å². The third-order valence-electron chi connectivity index (χ3n) is 5.33. The van der Waals surface area contributed by atoms with Crippen LogP contribution in [0, 0.1) is 12.8 Å². The number of amides is 1. The summed E-state index contributed by atoms with van der Waals surface area (Å²) >= 11 is 0.